The molecule has 0 radical (unpaired) electrons. The van der Waals surface area contributed by atoms with Crippen LogP contribution in [0.25, 0.3) is 0 Å². The van der Waals surface area contributed by atoms with Crippen LogP contribution in [0.3, 0.4) is 0 Å². The fourth-order valence-electron chi connectivity index (χ4n) is 4.28. The second-order valence-electron chi connectivity index (χ2n) is 9.93. The van der Waals surface area contributed by atoms with Crippen molar-refractivity contribution in [3.05, 3.63) is 89.4 Å². The maximum atomic E-state index is 14.1. The number of nitrogens with one attached hydrogen (secondary N) is 1. The summed E-state index contributed by atoms with van der Waals surface area (Å²) in [6.07, 6.45) is 0.328. The molecule has 1 atom stereocenters. The standard InChI is InChI=1S/C31H38ClN3O5S/c1-5-29(31(37)33-20-23(3)4)34(21-24-12-10-11-15-28(24)32)30(36)22-35(25-16-18-26(19-17-25)40-6-2)41(38,39)27-13-8-7-9-14-27/h7-19,23,29H,5-6,20-22H2,1-4H3,(H,33,37)/t29-/m0/s1. The van der Waals surface area contributed by atoms with Crippen LogP contribution in [-0.2, 0) is 26.2 Å². The Morgan fingerprint density at radius 1 is 0.927 bits per heavy atom. The van der Waals surface area contributed by atoms with Gasteiger partial charge in [0.1, 0.15) is 18.3 Å². The quantitative estimate of drug-likeness (QED) is 0.263. The lowest BCUT2D eigenvalue weighted by molar-refractivity contribution is -0.140. The maximum Gasteiger partial charge on any atom is 0.264 e. The Morgan fingerprint density at radius 3 is 2.15 bits per heavy atom. The Bertz CT molecular complexity index is 1400. The molecule has 3 rings (SSSR count). The van der Waals surface area contributed by atoms with Gasteiger partial charge in [-0.05, 0) is 67.3 Å². The summed E-state index contributed by atoms with van der Waals surface area (Å²) in [7, 11) is -4.14. The first-order valence-corrected chi connectivity index (χ1v) is 15.5. The highest BCUT2D eigenvalue weighted by atomic mass is 35.5. The van der Waals surface area contributed by atoms with Crippen molar-refractivity contribution in [1.29, 1.82) is 0 Å². The van der Waals surface area contributed by atoms with E-state index in [9.17, 15) is 18.0 Å². The monoisotopic (exact) mass is 599 g/mol. The van der Waals surface area contributed by atoms with Crippen molar-refractivity contribution in [2.45, 2.75) is 51.6 Å². The predicted octanol–water partition coefficient (Wildman–Crippen LogP) is 5.51. The van der Waals surface area contributed by atoms with E-state index in [4.69, 9.17) is 16.3 Å². The normalized spacial score (nSPS) is 12.0. The molecular weight excluding hydrogens is 562 g/mol. The molecule has 0 saturated heterocycles. The molecule has 2 amide bonds. The molecule has 0 fully saturated rings. The number of hydrogen-bond acceptors (Lipinski definition) is 5. The van der Waals surface area contributed by atoms with E-state index in [1.54, 1.807) is 66.7 Å². The molecule has 8 nitrogen and oxygen atoms in total. The summed E-state index contributed by atoms with van der Waals surface area (Å²) in [5.74, 6) is -0.0480. The Kier molecular flexibility index (Phi) is 11.6. The molecule has 0 bridgehead atoms. The number of nitrogens with zero attached hydrogens (tertiary/aromatic N) is 2. The summed E-state index contributed by atoms with van der Waals surface area (Å²) < 4.78 is 34.4. The number of anilines is 1. The third kappa shape index (κ3) is 8.47. The largest absolute Gasteiger partial charge is 0.494 e. The van der Waals surface area contributed by atoms with Crippen LogP contribution >= 0.6 is 11.6 Å². The van der Waals surface area contributed by atoms with Gasteiger partial charge >= 0.3 is 0 Å². The van der Waals surface area contributed by atoms with E-state index in [2.05, 4.69) is 5.32 Å². The molecule has 0 aromatic heterocycles. The first-order chi connectivity index (χ1) is 19.6. The van der Waals surface area contributed by atoms with Gasteiger partial charge in [0.25, 0.3) is 10.0 Å². The predicted molar refractivity (Wildman–Crippen MR) is 163 cm³/mol. The average Bonchev–Trinajstić information content (AvgIpc) is 2.96. The molecule has 10 heteroatoms. The molecule has 0 saturated carbocycles. The minimum Gasteiger partial charge on any atom is -0.494 e. The Morgan fingerprint density at radius 2 is 1.56 bits per heavy atom. The van der Waals surface area contributed by atoms with Crippen LogP contribution in [-0.4, -0.2) is 50.9 Å². The SMILES string of the molecule is CCOc1ccc(N(CC(=O)N(Cc2ccccc2Cl)[C@@H](CC)C(=O)NCC(C)C)S(=O)(=O)c2ccccc2)cc1. The molecule has 41 heavy (non-hydrogen) atoms. The van der Waals surface area contributed by atoms with Gasteiger partial charge in [-0.1, -0.05) is 68.8 Å². The molecule has 1 N–H and O–H groups in total. The van der Waals surface area contributed by atoms with Crippen molar-refractivity contribution in [3.8, 4) is 5.75 Å². The zero-order valence-corrected chi connectivity index (χ0v) is 25.5. The smallest absolute Gasteiger partial charge is 0.264 e. The first kappa shape index (κ1) is 32.0. The highest BCUT2D eigenvalue weighted by Gasteiger charge is 2.34. The van der Waals surface area contributed by atoms with Crippen molar-refractivity contribution >= 4 is 39.1 Å². The average molecular weight is 600 g/mol. The van der Waals surface area contributed by atoms with E-state index < -0.39 is 28.5 Å². The zero-order valence-electron chi connectivity index (χ0n) is 23.9. The maximum absolute atomic E-state index is 14.1. The summed E-state index contributed by atoms with van der Waals surface area (Å²) in [6.45, 7) is 8.06. The lowest BCUT2D eigenvalue weighted by atomic mass is 10.1. The fourth-order valence-corrected chi connectivity index (χ4v) is 5.91. The van der Waals surface area contributed by atoms with Crippen molar-refractivity contribution in [2.75, 3.05) is 24.0 Å². The number of benzene rings is 3. The number of carbonyl (C=O) groups excluding carboxylic acids is 2. The van der Waals surface area contributed by atoms with Gasteiger partial charge in [-0.3, -0.25) is 13.9 Å². The second kappa shape index (κ2) is 14.9. The van der Waals surface area contributed by atoms with Gasteiger partial charge in [0, 0.05) is 18.1 Å². The molecular formula is C31H38ClN3O5S. The summed E-state index contributed by atoms with van der Waals surface area (Å²) in [5, 5.41) is 3.36. The highest BCUT2D eigenvalue weighted by Crippen LogP contribution is 2.27. The minimum atomic E-state index is -4.14. The van der Waals surface area contributed by atoms with Gasteiger partial charge < -0.3 is 15.0 Å². The number of amides is 2. The van der Waals surface area contributed by atoms with E-state index >= 15 is 0 Å². The van der Waals surface area contributed by atoms with Crippen LogP contribution < -0.4 is 14.4 Å². The Hall–Kier alpha value is -3.56. The summed E-state index contributed by atoms with van der Waals surface area (Å²) in [6, 6.07) is 20.7. The number of sulfonamides is 1. The van der Waals surface area contributed by atoms with Gasteiger partial charge in [-0.25, -0.2) is 8.42 Å². The summed E-state index contributed by atoms with van der Waals surface area (Å²) >= 11 is 6.44. The van der Waals surface area contributed by atoms with E-state index in [0.717, 1.165) is 4.31 Å². The van der Waals surface area contributed by atoms with Crippen molar-refractivity contribution in [2.24, 2.45) is 5.92 Å². The van der Waals surface area contributed by atoms with Gasteiger partial charge in [0.2, 0.25) is 11.8 Å². The van der Waals surface area contributed by atoms with Crippen LogP contribution in [0.1, 0.15) is 39.7 Å². The van der Waals surface area contributed by atoms with E-state index in [0.29, 0.717) is 41.6 Å². The van der Waals surface area contributed by atoms with Crippen LogP contribution in [0.4, 0.5) is 5.69 Å². The van der Waals surface area contributed by atoms with Crippen LogP contribution in [0.2, 0.25) is 5.02 Å². The number of ether oxygens (including phenoxy) is 1. The Balaban J connectivity index is 2.04. The van der Waals surface area contributed by atoms with Crippen LogP contribution in [0, 0.1) is 5.92 Å². The minimum absolute atomic E-state index is 0.0363. The third-order valence-corrected chi connectivity index (χ3v) is 8.57. The number of rotatable bonds is 14. The van der Waals surface area contributed by atoms with Gasteiger partial charge in [0.05, 0.1) is 17.2 Å². The van der Waals surface area contributed by atoms with Crippen molar-refractivity contribution < 1.29 is 22.7 Å². The summed E-state index contributed by atoms with van der Waals surface area (Å²) in [4.78, 5) is 28.9. The molecule has 0 heterocycles. The topological polar surface area (TPSA) is 96.0 Å². The second-order valence-corrected chi connectivity index (χ2v) is 12.2. The molecule has 0 unspecified atom stereocenters. The zero-order chi connectivity index (χ0) is 30.0. The van der Waals surface area contributed by atoms with Crippen molar-refractivity contribution in [1.82, 2.24) is 10.2 Å². The summed E-state index contributed by atoms with van der Waals surface area (Å²) in [5.41, 5.74) is 0.941. The van der Waals surface area contributed by atoms with Crippen LogP contribution in [0.5, 0.6) is 5.75 Å². The first-order valence-electron chi connectivity index (χ1n) is 13.7. The molecule has 0 aliphatic heterocycles. The molecule has 220 valence electrons. The molecule has 3 aromatic rings. The van der Waals surface area contributed by atoms with Gasteiger partial charge in [-0.2, -0.15) is 0 Å². The van der Waals surface area contributed by atoms with Crippen LogP contribution in [0.15, 0.2) is 83.8 Å². The molecule has 0 aliphatic rings. The molecule has 0 aliphatic carbocycles. The number of carbonyl (C=O) groups is 2. The van der Waals surface area contributed by atoms with E-state index in [-0.39, 0.29) is 23.3 Å². The lowest BCUT2D eigenvalue weighted by Crippen LogP contribution is -2.52. The van der Waals surface area contributed by atoms with Gasteiger partial charge in [0.15, 0.2) is 0 Å². The Labute approximate surface area is 248 Å². The van der Waals surface area contributed by atoms with E-state index in [1.165, 1.54) is 17.0 Å². The lowest BCUT2D eigenvalue weighted by Gasteiger charge is -2.33. The molecule has 3 aromatic carbocycles. The number of hydrogen-bond donors (Lipinski definition) is 1. The van der Waals surface area contributed by atoms with Gasteiger partial charge in [-0.15, -0.1) is 0 Å². The van der Waals surface area contributed by atoms with Crippen molar-refractivity contribution in [3.63, 3.8) is 0 Å². The third-order valence-electron chi connectivity index (χ3n) is 6.41. The van der Waals surface area contributed by atoms with E-state index in [1.807, 2.05) is 27.7 Å². The fraction of sp³-hybridized carbons (Fsp3) is 0.355. The molecule has 0 spiro atoms. The number of halogens is 1. The highest BCUT2D eigenvalue weighted by molar-refractivity contribution is 7.92.